The fourth-order valence-electron chi connectivity index (χ4n) is 1.67. The number of rotatable bonds is 3. The van der Waals surface area contributed by atoms with Crippen molar-refractivity contribution in [3.05, 3.63) is 39.3 Å². The molecule has 6 heteroatoms. The molecule has 0 saturated heterocycles. The van der Waals surface area contributed by atoms with Crippen molar-refractivity contribution in [1.82, 2.24) is 4.98 Å². The van der Waals surface area contributed by atoms with Gasteiger partial charge < -0.3 is 15.5 Å². The number of halogens is 2. The molecule has 19 heavy (non-hydrogen) atoms. The highest BCUT2D eigenvalue weighted by Gasteiger charge is 2.15. The summed E-state index contributed by atoms with van der Waals surface area (Å²) in [6.45, 7) is 2.06. The zero-order valence-electron chi connectivity index (χ0n) is 10.2. The van der Waals surface area contributed by atoms with Crippen LogP contribution in [0.4, 0.5) is 5.82 Å². The summed E-state index contributed by atoms with van der Waals surface area (Å²) in [5, 5.41) is 0.619. The molecule has 0 saturated carbocycles. The molecule has 0 unspecified atom stereocenters. The number of ether oxygens (including phenoxy) is 1. The summed E-state index contributed by atoms with van der Waals surface area (Å²) >= 11 is 9.29. The molecule has 0 aliphatic rings. The van der Waals surface area contributed by atoms with E-state index in [0.29, 0.717) is 23.0 Å². The summed E-state index contributed by atoms with van der Waals surface area (Å²) in [4.78, 5) is 14.6. The van der Waals surface area contributed by atoms with Crippen LogP contribution in [0.1, 0.15) is 17.3 Å². The lowest BCUT2D eigenvalue weighted by Gasteiger charge is -2.00. The number of hydrogen-bond donors (Lipinski definition) is 2. The number of carbonyl (C=O) groups excluding carboxylic acids is 1. The van der Waals surface area contributed by atoms with Crippen molar-refractivity contribution in [1.29, 1.82) is 0 Å². The van der Waals surface area contributed by atoms with E-state index in [0.717, 1.165) is 15.7 Å². The molecule has 3 N–H and O–H groups in total. The Morgan fingerprint density at radius 2 is 2.21 bits per heavy atom. The molecular weight excluding hydrogens is 332 g/mol. The first-order valence-corrected chi connectivity index (χ1v) is 6.81. The van der Waals surface area contributed by atoms with Crippen LogP contribution in [0, 0.1) is 0 Å². The number of benzene rings is 1. The maximum absolute atomic E-state index is 11.7. The van der Waals surface area contributed by atoms with Gasteiger partial charge in [-0.2, -0.15) is 0 Å². The number of aromatic nitrogens is 1. The summed E-state index contributed by atoms with van der Waals surface area (Å²) in [6.07, 6.45) is 0. The van der Waals surface area contributed by atoms with Crippen LogP contribution in [-0.2, 0) is 4.74 Å². The highest BCUT2D eigenvalue weighted by molar-refractivity contribution is 9.10. The summed E-state index contributed by atoms with van der Waals surface area (Å²) < 4.78 is 5.71. The Bertz CT molecular complexity index is 625. The van der Waals surface area contributed by atoms with Crippen LogP contribution < -0.4 is 5.73 Å². The first kappa shape index (κ1) is 14.0. The van der Waals surface area contributed by atoms with E-state index >= 15 is 0 Å². The first-order valence-electron chi connectivity index (χ1n) is 5.64. The quantitative estimate of drug-likeness (QED) is 0.832. The van der Waals surface area contributed by atoms with Gasteiger partial charge in [0.2, 0.25) is 0 Å². The molecule has 0 radical (unpaired) electrons. The molecule has 100 valence electrons. The lowest BCUT2D eigenvalue weighted by Crippen LogP contribution is -2.05. The van der Waals surface area contributed by atoms with Gasteiger partial charge in [0.1, 0.15) is 11.4 Å². The van der Waals surface area contributed by atoms with Crippen LogP contribution in [0.2, 0.25) is 5.02 Å². The van der Waals surface area contributed by atoms with Crippen molar-refractivity contribution in [2.75, 3.05) is 12.3 Å². The number of nitrogen functional groups attached to an aromatic ring is 1. The van der Waals surface area contributed by atoms with Gasteiger partial charge in [-0.15, -0.1) is 0 Å². The molecular formula is C13H12BrClN2O2. The molecule has 0 aliphatic carbocycles. The highest BCUT2D eigenvalue weighted by atomic mass is 79.9. The molecule has 0 aliphatic heterocycles. The van der Waals surface area contributed by atoms with Gasteiger partial charge in [-0.25, -0.2) is 4.79 Å². The Morgan fingerprint density at radius 1 is 1.47 bits per heavy atom. The Balaban J connectivity index is 2.38. The second-order valence-electron chi connectivity index (χ2n) is 3.86. The largest absolute Gasteiger partial charge is 0.462 e. The van der Waals surface area contributed by atoms with Gasteiger partial charge in [0.15, 0.2) is 0 Å². The van der Waals surface area contributed by atoms with Crippen LogP contribution in [-0.4, -0.2) is 17.6 Å². The number of esters is 1. The predicted molar refractivity (Wildman–Crippen MR) is 79.3 cm³/mol. The lowest BCUT2D eigenvalue weighted by atomic mass is 10.1. The molecule has 0 atom stereocenters. The van der Waals surface area contributed by atoms with E-state index in [2.05, 4.69) is 20.9 Å². The number of nitrogens with two attached hydrogens (primary N) is 1. The third kappa shape index (κ3) is 2.93. The van der Waals surface area contributed by atoms with Crippen LogP contribution in [0.5, 0.6) is 0 Å². The fourth-order valence-corrected chi connectivity index (χ4v) is 2.16. The van der Waals surface area contributed by atoms with E-state index in [-0.39, 0.29) is 0 Å². The van der Waals surface area contributed by atoms with E-state index in [1.54, 1.807) is 19.1 Å². The Labute approximate surface area is 124 Å². The minimum absolute atomic E-state index is 0.291. The van der Waals surface area contributed by atoms with Crippen molar-refractivity contribution in [2.45, 2.75) is 6.92 Å². The van der Waals surface area contributed by atoms with Gasteiger partial charge >= 0.3 is 5.97 Å². The second kappa shape index (κ2) is 5.67. The molecule has 4 nitrogen and oxygen atoms in total. The van der Waals surface area contributed by atoms with Gasteiger partial charge in [-0.1, -0.05) is 17.7 Å². The minimum atomic E-state index is -0.435. The minimum Gasteiger partial charge on any atom is -0.462 e. The van der Waals surface area contributed by atoms with Gasteiger partial charge in [0.05, 0.1) is 11.6 Å². The SMILES string of the molecule is CCOC(=O)c1cc(-c2ccc(Cl)c(Br)c2)[nH]c1N. The van der Waals surface area contributed by atoms with Crippen LogP contribution in [0.3, 0.4) is 0 Å². The Hall–Kier alpha value is -1.46. The number of nitrogens with one attached hydrogen (secondary N) is 1. The zero-order valence-corrected chi connectivity index (χ0v) is 12.5. The van der Waals surface area contributed by atoms with Gasteiger partial charge in [-0.05, 0) is 46.6 Å². The van der Waals surface area contributed by atoms with E-state index in [9.17, 15) is 4.79 Å². The average Bonchev–Trinajstić information content (AvgIpc) is 2.75. The Morgan fingerprint density at radius 3 is 2.84 bits per heavy atom. The summed E-state index contributed by atoms with van der Waals surface area (Å²) in [6, 6.07) is 7.13. The fraction of sp³-hybridized carbons (Fsp3) is 0.154. The number of aromatic amines is 1. The Kier molecular flexibility index (Phi) is 4.17. The maximum Gasteiger partial charge on any atom is 0.341 e. The number of carbonyl (C=O) groups is 1. The summed E-state index contributed by atoms with van der Waals surface area (Å²) in [5.74, 6) is -0.143. The maximum atomic E-state index is 11.7. The third-order valence-electron chi connectivity index (χ3n) is 2.57. The van der Waals surface area contributed by atoms with Gasteiger partial charge in [-0.3, -0.25) is 0 Å². The van der Waals surface area contributed by atoms with Crippen molar-refractivity contribution in [3.8, 4) is 11.3 Å². The molecule has 1 aromatic heterocycles. The number of hydrogen-bond acceptors (Lipinski definition) is 3. The second-order valence-corrected chi connectivity index (χ2v) is 5.12. The monoisotopic (exact) mass is 342 g/mol. The van der Waals surface area contributed by atoms with Crippen molar-refractivity contribution in [3.63, 3.8) is 0 Å². The standard InChI is InChI=1S/C13H12BrClN2O2/c1-2-19-13(18)8-6-11(17-12(8)16)7-3-4-10(15)9(14)5-7/h3-6,17H,2,16H2,1H3. The zero-order chi connectivity index (χ0) is 14.0. The average molecular weight is 344 g/mol. The smallest absolute Gasteiger partial charge is 0.341 e. The number of anilines is 1. The summed E-state index contributed by atoms with van der Waals surface area (Å²) in [7, 11) is 0. The molecule has 2 aromatic rings. The normalized spacial score (nSPS) is 10.5. The molecule has 0 spiro atoms. The van der Waals surface area contributed by atoms with Gasteiger partial charge in [0.25, 0.3) is 0 Å². The van der Waals surface area contributed by atoms with Crippen LogP contribution in [0.15, 0.2) is 28.7 Å². The van der Waals surface area contributed by atoms with E-state index in [1.165, 1.54) is 0 Å². The molecule has 1 heterocycles. The first-order chi connectivity index (χ1) is 9.02. The van der Waals surface area contributed by atoms with Crippen LogP contribution in [0.25, 0.3) is 11.3 Å². The predicted octanol–water partition coefficient (Wildman–Crippen LogP) is 3.86. The topological polar surface area (TPSA) is 68.1 Å². The third-order valence-corrected chi connectivity index (χ3v) is 3.79. The lowest BCUT2D eigenvalue weighted by molar-refractivity contribution is 0.0528. The highest BCUT2D eigenvalue weighted by Crippen LogP contribution is 2.30. The number of H-pyrrole nitrogens is 1. The molecule has 0 bridgehead atoms. The van der Waals surface area contributed by atoms with Crippen molar-refractivity contribution >= 4 is 39.3 Å². The van der Waals surface area contributed by atoms with Crippen LogP contribution >= 0.6 is 27.5 Å². The van der Waals surface area contributed by atoms with Crippen molar-refractivity contribution < 1.29 is 9.53 Å². The van der Waals surface area contributed by atoms with E-state index < -0.39 is 5.97 Å². The van der Waals surface area contributed by atoms with Crippen molar-refractivity contribution in [2.24, 2.45) is 0 Å². The molecule has 0 amide bonds. The molecule has 2 rings (SSSR count). The van der Waals surface area contributed by atoms with E-state index in [4.69, 9.17) is 22.1 Å². The molecule has 1 aromatic carbocycles. The van der Waals surface area contributed by atoms with Gasteiger partial charge in [0, 0.05) is 10.2 Å². The van der Waals surface area contributed by atoms with E-state index in [1.807, 2.05) is 12.1 Å². The summed E-state index contributed by atoms with van der Waals surface area (Å²) in [5.41, 5.74) is 7.73. The molecule has 0 fully saturated rings.